The second-order valence-electron chi connectivity index (χ2n) is 8.31. The van der Waals surface area contributed by atoms with Crippen LogP contribution in [0.3, 0.4) is 0 Å². The highest BCUT2D eigenvalue weighted by atomic mass is 32.2. The number of carbonyl (C=O) groups is 1. The van der Waals surface area contributed by atoms with E-state index in [9.17, 15) is 4.79 Å². The molecule has 29 heavy (non-hydrogen) atoms. The predicted molar refractivity (Wildman–Crippen MR) is 120 cm³/mol. The summed E-state index contributed by atoms with van der Waals surface area (Å²) in [5.74, 6) is 0.316. The maximum absolute atomic E-state index is 13.5. The summed E-state index contributed by atoms with van der Waals surface area (Å²) in [4.78, 5) is 21.0. The Morgan fingerprint density at radius 2 is 2.03 bits per heavy atom. The van der Waals surface area contributed by atoms with E-state index >= 15 is 0 Å². The molecule has 0 bridgehead atoms. The second kappa shape index (κ2) is 8.40. The van der Waals surface area contributed by atoms with E-state index in [1.807, 2.05) is 19.3 Å². The molecule has 1 unspecified atom stereocenters. The van der Waals surface area contributed by atoms with E-state index in [0.717, 1.165) is 50.8 Å². The summed E-state index contributed by atoms with van der Waals surface area (Å²) in [6, 6.07) is 8.29. The van der Waals surface area contributed by atoms with E-state index in [1.54, 1.807) is 11.8 Å². The topological polar surface area (TPSA) is 75.2 Å². The molecule has 2 aromatic rings. The average Bonchev–Trinajstić information content (AvgIpc) is 3.15. The summed E-state index contributed by atoms with van der Waals surface area (Å²) in [5.41, 5.74) is 2.09. The average molecular weight is 414 g/mol. The summed E-state index contributed by atoms with van der Waals surface area (Å²) < 4.78 is 0. The first kappa shape index (κ1) is 20.3. The van der Waals surface area contributed by atoms with Crippen molar-refractivity contribution in [2.75, 3.05) is 26.7 Å². The zero-order valence-electron chi connectivity index (χ0n) is 17.3. The lowest BCUT2D eigenvalue weighted by Crippen LogP contribution is -2.53. The number of benzene rings is 1. The molecule has 0 aliphatic carbocycles. The van der Waals surface area contributed by atoms with Crippen LogP contribution in [0.25, 0.3) is 10.9 Å². The van der Waals surface area contributed by atoms with Gasteiger partial charge in [0.2, 0.25) is 5.91 Å². The molecule has 0 saturated carbocycles. The predicted octanol–water partition coefficient (Wildman–Crippen LogP) is 3.61. The van der Waals surface area contributed by atoms with Gasteiger partial charge in [-0.2, -0.15) is 0 Å². The highest BCUT2D eigenvalue weighted by Gasteiger charge is 2.46. The third-order valence-corrected chi connectivity index (χ3v) is 7.63. The Morgan fingerprint density at radius 3 is 2.79 bits per heavy atom. The van der Waals surface area contributed by atoms with Crippen LogP contribution in [0.5, 0.6) is 0 Å². The number of nitrogens with zero attached hydrogens (tertiary/aromatic N) is 2. The maximum atomic E-state index is 13.5. The Balaban J connectivity index is 1.42. The molecule has 2 aliphatic rings. The van der Waals surface area contributed by atoms with E-state index in [4.69, 9.17) is 5.41 Å². The summed E-state index contributed by atoms with van der Waals surface area (Å²) >= 11 is 1.55. The van der Waals surface area contributed by atoms with Crippen molar-refractivity contribution in [1.82, 2.24) is 20.1 Å². The molecule has 3 N–H and O–H groups in total. The van der Waals surface area contributed by atoms with Crippen molar-refractivity contribution in [1.29, 1.82) is 5.41 Å². The van der Waals surface area contributed by atoms with Gasteiger partial charge in [-0.1, -0.05) is 30.0 Å². The third kappa shape index (κ3) is 4.03. The molecule has 2 aliphatic heterocycles. The van der Waals surface area contributed by atoms with Gasteiger partial charge in [-0.3, -0.25) is 10.2 Å². The number of H-pyrrole nitrogens is 1. The Bertz CT molecular complexity index is 886. The van der Waals surface area contributed by atoms with Gasteiger partial charge in [-0.05, 0) is 51.3 Å². The molecule has 3 heterocycles. The molecular formula is C22H31N5OS. The van der Waals surface area contributed by atoms with Gasteiger partial charge in [0.25, 0.3) is 0 Å². The van der Waals surface area contributed by atoms with Crippen molar-refractivity contribution in [3.8, 4) is 0 Å². The normalized spacial score (nSPS) is 20.4. The summed E-state index contributed by atoms with van der Waals surface area (Å²) in [6.45, 7) is 5.19. The van der Waals surface area contributed by atoms with Gasteiger partial charge in [-0.25, -0.2) is 0 Å². The van der Waals surface area contributed by atoms with Gasteiger partial charge >= 0.3 is 0 Å². The molecule has 4 rings (SSSR count). The van der Waals surface area contributed by atoms with Crippen LogP contribution in [0.4, 0.5) is 0 Å². The third-order valence-electron chi connectivity index (χ3n) is 6.56. The van der Waals surface area contributed by atoms with Crippen LogP contribution in [0.2, 0.25) is 0 Å². The fourth-order valence-corrected chi connectivity index (χ4v) is 5.46. The van der Waals surface area contributed by atoms with E-state index in [0.29, 0.717) is 17.6 Å². The zero-order chi connectivity index (χ0) is 20.4. The zero-order valence-corrected chi connectivity index (χ0v) is 18.1. The second-order valence-corrected chi connectivity index (χ2v) is 9.64. The molecule has 2 saturated heterocycles. The summed E-state index contributed by atoms with van der Waals surface area (Å²) in [5, 5.41) is 13.6. The molecule has 2 fully saturated rings. The lowest BCUT2D eigenvalue weighted by Gasteiger charge is -2.46. The van der Waals surface area contributed by atoms with E-state index in [2.05, 4.69) is 45.2 Å². The van der Waals surface area contributed by atoms with Crippen molar-refractivity contribution in [3.05, 3.63) is 36.0 Å². The fraction of sp³-hybridized carbons (Fsp3) is 0.545. The molecule has 6 nitrogen and oxygen atoms in total. The largest absolute Gasteiger partial charge is 0.361 e. The number of piperidine rings is 2. The minimum absolute atomic E-state index is 0.223. The molecule has 1 aromatic heterocycles. The number of hydrogen-bond acceptors (Lipinski definition) is 4. The van der Waals surface area contributed by atoms with Crippen molar-refractivity contribution < 1.29 is 4.79 Å². The van der Waals surface area contributed by atoms with Crippen LogP contribution in [0.15, 0.2) is 30.5 Å². The number of hydrogen-bond donors (Lipinski definition) is 3. The van der Waals surface area contributed by atoms with Crippen LogP contribution in [-0.4, -0.2) is 57.9 Å². The monoisotopic (exact) mass is 413 g/mol. The molecule has 1 amide bonds. The Labute approximate surface area is 176 Å². The molecule has 156 valence electrons. The van der Waals surface area contributed by atoms with E-state index in [-0.39, 0.29) is 10.8 Å². The van der Waals surface area contributed by atoms with Gasteiger partial charge < -0.3 is 20.1 Å². The molecular weight excluding hydrogens is 382 g/mol. The van der Waals surface area contributed by atoms with Crippen LogP contribution in [0, 0.1) is 10.8 Å². The van der Waals surface area contributed by atoms with Crippen molar-refractivity contribution >= 4 is 33.7 Å². The molecule has 1 atom stereocenters. The number of para-hydroxylation sites is 1. The number of aromatic nitrogens is 1. The molecule has 7 heteroatoms. The van der Waals surface area contributed by atoms with Crippen LogP contribution >= 0.6 is 11.8 Å². The SMILES string of the molecule is CNC(C)SC(=N)N1CCC2(CCCN(Cc3c[nH]c4ccccc34)C2=O)CC1. The van der Waals surface area contributed by atoms with Gasteiger partial charge in [-0.15, -0.1) is 0 Å². The highest BCUT2D eigenvalue weighted by Crippen LogP contribution is 2.42. The van der Waals surface area contributed by atoms with Gasteiger partial charge in [0.05, 0.1) is 10.8 Å². The molecule has 0 radical (unpaired) electrons. The first-order valence-corrected chi connectivity index (χ1v) is 11.4. The van der Waals surface area contributed by atoms with Gasteiger partial charge in [0.1, 0.15) is 0 Å². The first-order valence-electron chi connectivity index (χ1n) is 10.5. The quantitative estimate of drug-likeness (QED) is 0.407. The van der Waals surface area contributed by atoms with Crippen LogP contribution in [0.1, 0.15) is 38.2 Å². The van der Waals surface area contributed by atoms with Gasteiger partial charge in [0, 0.05) is 43.3 Å². The van der Waals surface area contributed by atoms with Crippen molar-refractivity contribution in [2.24, 2.45) is 5.41 Å². The number of fused-ring (bicyclic) bond motifs is 1. The number of amides is 1. The van der Waals surface area contributed by atoms with E-state index in [1.165, 1.54) is 10.9 Å². The molecule has 1 aromatic carbocycles. The fourth-order valence-electron chi connectivity index (χ4n) is 4.67. The Hall–Kier alpha value is -1.99. The molecule has 1 spiro atoms. The minimum atomic E-state index is -0.236. The number of carbonyl (C=O) groups excluding carboxylic acids is 1. The Morgan fingerprint density at radius 1 is 1.28 bits per heavy atom. The lowest BCUT2D eigenvalue weighted by atomic mass is 9.71. The minimum Gasteiger partial charge on any atom is -0.361 e. The number of nitrogens with one attached hydrogen (secondary N) is 3. The number of likely N-dealkylation sites (tertiary alicyclic amines) is 2. The highest BCUT2D eigenvalue weighted by molar-refractivity contribution is 8.14. The van der Waals surface area contributed by atoms with Crippen molar-refractivity contribution in [2.45, 2.75) is 44.5 Å². The summed E-state index contributed by atoms with van der Waals surface area (Å²) in [7, 11) is 1.92. The Kier molecular flexibility index (Phi) is 5.88. The first-order chi connectivity index (χ1) is 14.0. The number of thioether (sulfide) groups is 1. The number of rotatable bonds is 4. The van der Waals surface area contributed by atoms with Crippen LogP contribution < -0.4 is 5.32 Å². The van der Waals surface area contributed by atoms with Crippen molar-refractivity contribution in [3.63, 3.8) is 0 Å². The van der Waals surface area contributed by atoms with E-state index < -0.39 is 0 Å². The maximum Gasteiger partial charge on any atom is 0.229 e. The lowest BCUT2D eigenvalue weighted by molar-refractivity contribution is -0.150. The number of aromatic amines is 1. The smallest absolute Gasteiger partial charge is 0.229 e. The van der Waals surface area contributed by atoms with Gasteiger partial charge in [0.15, 0.2) is 5.17 Å². The number of amidine groups is 1. The summed E-state index contributed by atoms with van der Waals surface area (Å²) in [6.07, 6.45) is 5.80. The standard InChI is InChI=1S/C22H31N5OS/c1-16(24-2)29-21(23)26-12-9-22(10-13-26)8-5-11-27(20(22)28)15-17-14-25-19-7-4-3-6-18(17)19/h3-4,6-7,14,16,23-25H,5,8-13,15H2,1-2H3. The van der Waals surface area contributed by atoms with Crippen LogP contribution in [-0.2, 0) is 11.3 Å².